The molecule has 1 aromatic rings. The molecule has 0 aliphatic carbocycles. The predicted octanol–water partition coefficient (Wildman–Crippen LogP) is -0.0168. The van der Waals surface area contributed by atoms with Crippen LogP contribution in [0.15, 0.2) is 0 Å². The molecule has 2 heterocycles. The first-order valence-electron chi connectivity index (χ1n) is 6.54. The summed E-state index contributed by atoms with van der Waals surface area (Å²) >= 11 is 1.12. The molecule has 0 bridgehead atoms. The van der Waals surface area contributed by atoms with Gasteiger partial charge in [-0.3, -0.25) is 9.59 Å². The van der Waals surface area contributed by atoms with Gasteiger partial charge in [0.2, 0.25) is 15.9 Å². The molecular formula is C12H18N4O4S2. The second kappa shape index (κ2) is 5.94. The molecule has 1 aromatic heterocycles. The van der Waals surface area contributed by atoms with Crippen LogP contribution in [0.25, 0.3) is 0 Å². The molecule has 10 heteroatoms. The number of hydrogen-bond acceptors (Lipinski definition) is 6. The smallest absolute Gasteiger partial charge is 0.265 e. The highest BCUT2D eigenvalue weighted by Gasteiger charge is 2.38. The SMILES string of the molecule is Cc1nc(NC(=O)C2CN(S(C)(=O)=O)C2)sc1C(=O)N(C)C. The lowest BCUT2D eigenvalue weighted by Gasteiger charge is -2.35. The topological polar surface area (TPSA) is 99.7 Å². The van der Waals surface area contributed by atoms with Gasteiger partial charge in [-0.25, -0.2) is 17.7 Å². The third-order valence-corrected chi connectivity index (χ3v) is 5.61. The Hall–Kier alpha value is -1.52. The van der Waals surface area contributed by atoms with Crippen LogP contribution in [0.1, 0.15) is 15.4 Å². The average molecular weight is 346 g/mol. The van der Waals surface area contributed by atoms with E-state index in [9.17, 15) is 18.0 Å². The maximum Gasteiger partial charge on any atom is 0.265 e. The van der Waals surface area contributed by atoms with Crippen molar-refractivity contribution >= 4 is 38.3 Å². The van der Waals surface area contributed by atoms with Crippen molar-refractivity contribution in [2.24, 2.45) is 5.92 Å². The van der Waals surface area contributed by atoms with Crippen LogP contribution in [0.4, 0.5) is 5.13 Å². The minimum absolute atomic E-state index is 0.164. The van der Waals surface area contributed by atoms with E-state index >= 15 is 0 Å². The van der Waals surface area contributed by atoms with E-state index in [1.165, 1.54) is 9.21 Å². The molecule has 22 heavy (non-hydrogen) atoms. The summed E-state index contributed by atoms with van der Waals surface area (Å²) in [7, 11) is 0.0548. The first-order valence-corrected chi connectivity index (χ1v) is 9.21. The number of aryl methyl sites for hydroxylation is 1. The van der Waals surface area contributed by atoms with Crippen LogP contribution < -0.4 is 5.32 Å². The Bertz CT molecular complexity index is 705. The van der Waals surface area contributed by atoms with Crippen LogP contribution in [0.3, 0.4) is 0 Å². The van der Waals surface area contributed by atoms with Gasteiger partial charge in [0.25, 0.3) is 5.91 Å². The van der Waals surface area contributed by atoms with Crippen LogP contribution in [-0.4, -0.2) is 67.9 Å². The highest BCUT2D eigenvalue weighted by molar-refractivity contribution is 7.88. The predicted molar refractivity (Wildman–Crippen MR) is 83.4 cm³/mol. The van der Waals surface area contributed by atoms with E-state index in [1.54, 1.807) is 21.0 Å². The van der Waals surface area contributed by atoms with Crippen LogP contribution in [0, 0.1) is 12.8 Å². The fourth-order valence-electron chi connectivity index (χ4n) is 1.93. The molecule has 0 radical (unpaired) electrons. The number of carbonyl (C=O) groups excluding carboxylic acids is 2. The van der Waals surface area contributed by atoms with Gasteiger partial charge in [0, 0.05) is 27.2 Å². The fraction of sp³-hybridized carbons (Fsp3) is 0.583. The lowest BCUT2D eigenvalue weighted by Crippen LogP contribution is -2.53. The van der Waals surface area contributed by atoms with Crippen LogP contribution in [-0.2, 0) is 14.8 Å². The Labute approximate surface area is 133 Å². The molecule has 8 nitrogen and oxygen atoms in total. The summed E-state index contributed by atoms with van der Waals surface area (Å²) < 4.78 is 23.8. The first-order chi connectivity index (χ1) is 10.1. The van der Waals surface area contributed by atoms with Crippen molar-refractivity contribution in [2.75, 3.05) is 38.8 Å². The van der Waals surface area contributed by atoms with Crippen LogP contribution >= 0.6 is 11.3 Å². The Morgan fingerprint density at radius 1 is 1.36 bits per heavy atom. The Morgan fingerprint density at radius 3 is 2.45 bits per heavy atom. The van der Waals surface area contributed by atoms with Crippen molar-refractivity contribution in [1.29, 1.82) is 0 Å². The van der Waals surface area contributed by atoms with Crippen LogP contribution in [0.5, 0.6) is 0 Å². The zero-order chi connectivity index (χ0) is 16.7. The Kier molecular flexibility index (Phi) is 4.54. The molecule has 0 saturated carbocycles. The minimum Gasteiger partial charge on any atom is -0.344 e. The molecule has 0 aromatic carbocycles. The number of amides is 2. The monoisotopic (exact) mass is 346 g/mol. The van der Waals surface area contributed by atoms with Crippen LogP contribution in [0.2, 0.25) is 0 Å². The largest absolute Gasteiger partial charge is 0.344 e. The molecule has 1 fully saturated rings. The lowest BCUT2D eigenvalue weighted by atomic mass is 10.0. The van der Waals surface area contributed by atoms with Gasteiger partial charge in [-0.05, 0) is 6.92 Å². The van der Waals surface area contributed by atoms with E-state index in [2.05, 4.69) is 10.3 Å². The van der Waals surface area contributed by atoms with E-state index < -0.39 is 10.0 Å². The van der Waals surface area contributed by atoms with Crippen molar-refractivity contribution in [3.63, 3.8) is 0 Å². The third-order valence-electron chi connectivity index (χ3n) is 3.32. The third kappa shape index (κ3) is 3.45. The number of thiazole rings is 1. The van der Waals surface area contributed by atoms with Crippen molar-refractivity contribution in [2.45, 2.75) is 6.92 Å². The number of anilines is 1. The van der Waals surface area contributed by atoms with E-state index in [0.717, 1.165) is 17.6 Å². The summed E-state index contributed by atoms with van der Waals surface area (Å²) in [5.74, 6) is -0.827. The van der Waals surface area contributed by atoms with Gasteiger partial charge in [0.15, 0.2) is 5.13 Å². The number of aromatic nitrogens is 1. The zero-order valence-corrected chi connectivity index (χ0v) is 14.4. The van der Waals surface area contributed by atoms with E-state index in [-0.39, 0.29) is 30.8 Å². The second-order valence-corrected chi connectivity index (χ2v) is 8.38. The normalized spacial score (nSPS) is 16.2. The number of sulfonamides is 1. The van der Waals surface area contributed by atoms with Gasteiger partial charge >= 0.3 is 0 Å². The van der Waals surface area contributed by atoms with Crippen molar-refractivity contribution in [1.82, 2.24) is 14.2 Å². The molecule has 1 aliphatic heterocycles. The lowest BCUT2D eigenvalue weighted by molar-refractivity contribution is -0.122. The summed E-state index contributed by atoms with van der Waals surface area (Å²) in [6.07, 6.45) is 1.12. The molecule has 1 aliphatic rings. The maximum absolute atomic E-state index is 12.0. The summed E-state index contributed by atoms with van der Waals surface area (Å²) in [6, 6.07) is 0. The average Bonchev–Trinajstić information content (AvgIpc) is 2.64. The molecule has 2 amide bonds. The molecule has 0 unspecified atom stereocenters. The molecule has 0 spiro atoms. The van der Waals surface area contributed by atoms with E-state index in [4.69, 9.17) is 0 Å². The van der Waals surface area contributed by atoms with Crippen molar-refractivity contribution < 1.29 is 18.0 Å². The first kappa shape index (κ1) is 16.8. The minimum atomic E-state index is -3.24. The number of hydrogen-bond donors (Lipinski definition) is 1. The van der Waals surface area contributed by atoms with E-state index in [0.29, 0.717) is 15.7 Å². The maximum atomic E-state index is 12.0. The zero-order valence-electron chi connectivity index (χ0n) is 12.8. The standard InChI is InChI=1S/C12H18N4O4S2/c1-7-9(11(18)15(2)3)21-12(13-7)14-10(17)8-5-16(6-8)22(4,19)20/h8H,5-6H2,1-4H3,(H,13,14,17). The van der Waals surface area contributed by atoms with Crippen molar-refractivity contribution in [3.05, 3.63) is 10.6 Å². The molecule has 1 saturated heterocycles. The molecule has 1 N–H and O–H groups in total. The quantitative estimate of drug-likeness (QED) is 0.826. The number of carbonyl (C=O) groups is 2. The molecular weight excluding hydrogens is 328 g/mol. The summed E-state index contributed by atoms with van der Waals surface area (Å²) in [5, 5.41) is 3.00. The Morgan fingerprint density at radius 2 is 1.95 bits per heavy atom. The summed E-state index contributed by atoms with van der Waals surface area (Å²) in [5.41, 5.74) is 0.561. The fourth-order valence-corrected chi connectivity index (χ4v) is 3.83. The summed E-state index contributed by atoms with van der Waals surface area (Å²) in [4.78, 5) is 30.1. The number of rotatable bonds is 4. The number of nitrogens with zero attached hydrogens (tertiary/aromatic N) is 3. The van der Waals surface area contributed by atoms with Gasteiger partial charge in [0.1, 0.15) is 4.88 Å². The van der Waals surface area contributed by atoms with E-state index in [1.807, 2.05) is 0 Å². The molecule has 2 rings (SSSR count). The highest BCUT2D eigenvalue weighted by Crippen LogP contribution is 2.26. The van der Waals surface area contributed by atoms with Gasteiger partial charge in [-0.2, -0.15) is 0 Å². The van der Waals surface area contributed by atoms with Gasteiger partial charge < -0.3 is 10.2 Å². The molecule has 0 atom stereocenters. The second-order valence-electron chi connectivity index (χ2n) is 5.40. The van der Waals surface area contributed by atoms with Crippen molar-refractivity contribution in [3.8, 4) is 0 Å². The van der Waals surface area contributed by atoms with Gasteiger partial charge in [-0.1, -0.05) is 11.3 Å². The highest BCUT2D eigenvalue weighted by atomic mass is 32.2. The van der Waals surface area contributed by atoms with Gasteiger partial charge in [-0.15, -0.1) is 0 Å². The number of nitrogens with one attached hydrogen (secondary N) is 1. The molecule has 122 valence electrons. The van der Waals surface area contributed by atoms with Gasteiger partial charge in [0.05, 0.1) is 17.9 Å². The Balaban J connectivity index is 1.99. The summed E-state index contributed by atoms with van der Waals surface area (Å²) in [6.45, 7) is 2.06.